The molecule has 0 fully saturated rings. The van der Waals surface area contributed by atoms with Crippen LogP contribution in [0.1, 0.15) is 53.4 Å². The van der Waals surface area contributed by atoms with Gasteiger partial charge in [-0.1, -0.05) is 55.7 Å². The Morgan fingerprint density at radius 3 is 2.28 bits per heavy atom. The summed E-state index contributed by atoms with van der Waals surface area (Å²) in [6, 6.07) is 0. The Hall–Kier alpha value is 0.890. The van der Waals surface area contributed by atoms with Gasteiger partial charge in [0.05, 0.1) is 26.4 Å². The lowest BCUT2D eigenvalue weighted by molar-refractivity contribution is 0.00747. The van der Waals surface area contributed by atoms with Crippen molar-refractivity contribution in [2.24, 2.45) is 0 Å². The van der Waals surface area contributed by atoms with Gasteiger partial charge < -0.3 is 19.5 Å². The third-order valence-corrected chi connectivity index (χ3v) is 7.10. The van der Waals surface area contributed by atoms with E-state index in [1.54, 1.807) is 0 Å². The highest BCUT2D eigenvalue weighted by molar-refractivity contribution is 8.77. The average molecular weight is 414 g/mol. The van der Waals surface area contributed by atoms with Gasteiger partial charge in [0.1, 0.15) is 5.44 Å². The predicted octanol–water partition coefficient (Wildman–Crippen LogP) is 5.03. The van der Waals surface area contributed by atoms with E-state index in [0.717, 1.165) is 38.3 Å². The smallest absolute Gasteiger partial charge is 0.113 e. The van der Waals surface area contributed by atoms with Crippen LogP contribution in [0.4, 0.5) is 0 Å². The first kappa shape index (κ1) is 25.9. The molecule has 0 aliphatic carbocycles. The fraction of sp³-hybridized carbons (Fsp3) is 1.00. The molecule has 1 atom stereocenters. The third kappa shape index (κ3) is 21.1. The molecule has 0 aliphatic heterocycles. The van der Waals surface area contributed by atoms with Gasteiger partial charge in [-0.15, -0.1) is 11.8 Å². The first-order valence-electron chi connectivity index (χ1n) is 9.30. The number of hydrogen-bond donors (Lipinski definition) is 1. The number of thioether (sulfide) groups is 1. The molecule has 0 radical (unpaired) electrons. The zero-order valence-corrected chi connectivity index (χ0v) is 19.3. The van der Waals surface area contributed by atoms with E-state index in [1.807, 2.05) is 33.3 Å². The molecule has 0 aromatic rings. The van der Waals surface area contributed by atoms with Crippen molar-refractivity contribution in [3.8, 4) is 0 Å². The average Bonchev–Trinajstić information content (AvgIpc) is 2.56. The number of ether oxygens (including phenoxy) is 3. The maximum atomic E-state index is 6.03. The summed E-state index contributed by atoms with van der Waals surface area (Å²) in [7, 11) is 3.75. The number of unbranched alkanes of at least 4 members (excludes halogenated alkanes) is 1. The lowest BCUT2D eigenvalue weighted by atomic mass is 10.3. The zero-order valence-electron chi connectivity index (χ0n) is 16.8. The molecule has 152 valence electrons. The van der Waals surface area contributed by atoms with Crippen molar-refractivity contribution in [1.82, 2.24) is 5.32 Å². The van der Waals surface area contributed by atoms with Gasteiger partial charge in [0, 0.05) is 17.2 Å². The maximum Gasteiger partial charge on any atom is 0.113 e. The molecule has 25 heavy (non-hydrogen) atoms. The van der Waals surface area contributed by atoms with E-state index in [0.29, 0.717) is 26.4 Å². The van der Waals surface area contributed by atoms with E-state index in [1.165, 1.54) is 6.42 Å². The van der Waals surface area contributed by atoms with Crippen LogP contribution in [-0.2, 0) is 14.2 Å². The van der Waals surface area contributed by atoms with E-state index < -0.39 is 0 Å². The van der Waals surface area contributed by atoms with Crippen LogP contribution in [0.25, 0.3) is 0 Å². The summed E-state index contributed by atoms with van der Waals surface area (Å²) in [5.41, 5.74) is 0.227. The Morgan fingerprint density at radius 2 is 1.64 bits per heavy atom. The highest BCUT2D eigenvalue weighted by Gasteiger charge is 2.17. The second kappa shape index (κ2) is 18.3. The van der Waals surface area contributed by atoms with Crippen molar-refractivity contribution in [3.63, 3.8) is 0 Å². The molecule has 1 unspecified atom stereocenters. The molecule has 1 N–H and O–H groups in total. The second-order valence-corrected chi connectivity index (χ2v) is 10.8. The van der Waals surface area contributed by atoms with E-state index in [9.17, 15) is 0 Å². The quantitative estimate of drug-likeness (QED) is 0.192. The summed E-state index contributed by atoms with van der Waals surface area (Å²) in [5, 5.41) is 3.42. The lowest BCUT2D eigenvalue weighted by Crippen LogP contribution is -2.19. The molecule has 0 aromatic carbocycles. The lowest BCUT2D eigenvalue weighted by Gasteiger charge is -2.22. The van der Waals surface area contributed by atoms with E-state index in [-0.39, 0.29) is 10.2 Å². The molecule has 7 heteroatoms. The molecule has 0 amide bonds. The number of hydrogen-bond acceptors (Lipinski definition) is 7. The predicted molar refractivity (Wildman–Crippen MR) is 117 cm³/mol. The van der Waals surface area contributed by atoms with Crippen molar-refractivity contribution in [3.05, 3.63) is 0 Å². The molecule has 0 saturated heterocycles. The minimum atomic E-state index is 0.227. The molecular formula is C18H39NO3S3. The van der Waals surface area contributed by atoms with Crippen molar-refractivity contribution in [1.29, 1.82) is 0 Å². The topological polar surface area (TPSA) is 39.7 Å². The maximum absolute atomic E-state index is 6.03. The fourth-order valence-corrected chi connectivity index (χ4v) is 4.53. The molecule has 0 aromatic heterocycles. The number of nitrogens with one attached hydrogen (secondary N) is 1. The Labute approximate surface area is 168 Å². The monoisotopic (exact) mass is 413 g/mol. The first-order chi connectivity index (χ1) is 12.0. The largest absolute Gasteiger partial charge is 0.379 e. The Bertz CT molecular complexity index is 279. The van der Waals surface area contributed by atoms with Crippen LogP contribution < -0.4 is 5.32 Å². The molecule has 0 aliphatic rings. The number of rotatable bonds is 18. The van der Waals surface area contributed by atoms with E-state index in [4.69, 9.17) is 14.2 Å². The van der Waals surface area contributed by atoms with Gasteiger partial charge in [-0.2, -0.15) is 0 Å². The summed E-state index contributed by atoms with van der Waals surface area (Å²) < 4.78 is 17.3. The SMILES string of the molecule is CCCCOCCOCCOC(CCCNCSC)SSC(C)(C)C. The van der Waals surface area contributed by atoms with Gasteiger partial charge in [-0.05, 0) is 32.1 Å². The Balaban J connectivity index is 3.77. The zero-order chi connectivity index (χ0) is 18.8. The summed E-state index contributed by atoms with van der Waals surface area (Å²) in [5.74, 6) is 1.02. The summed E-state index contributed by atoms with van der Waals surface area (Å²) in [6.07, 6.45) is 6.61. The van der Waals surface area contributed by atoms with Crippen LogP contribution in [0.15, 0.2) is 0 Å². The van der Waals surface area contributed by atoms with Gasteiger partial charge in [0.2, 0.25) is 0 Å². The second-order valence-electron chi connectivity index (χ2n) is 6.75. The van der Waals surface area contributed by atoms with Crippen LogP contribution in [0.5, 0.6) is 0 Å². The molecule has 0 rings (SSSR count). The summed E-state index contributed by atoms with van der Waals surface area (Å²) >= 11 is 1.82. The molecule has 0 saturated carbocycles. The van der Waals surface area contributed by atoms with E-state index in [2.05, 4.69) is 39.3 Å². The molecule has 0 spiro atoms. The van der Waals surface area contributed by atoms with Crippen molar-refractivity contribution < 1.29 is 14.2 Å². The van der Waals surface area contributed by atoms with Crippen LogP contribution in [0, 0.1) is 0 Å². The Kier molecular flexibility index (Phi) is 18.9. The highest BCUT2D eigenvalue weighted by Crippen LogP contribution is 2.39. The standard InChI is InChI=1S/C18H39NO3S3/c1-6-7-11-20-12-13-21-14-15-22-17(24-25-18(2,3)4)9-8-10-19-16-23-5/h17,19H,6-16H2,1-5H3. The molecular weight excluding hydrogens is 374 g/mol. The van der Waals surface area contributed by atoms with Gasteiger partial charge in [-0.3, -0.25) is 0 Å². The van der Waals surface area contributed by atoms with Gasteiger partial charge in [0.25, 0.3) is 0 Å². The minimum absolute atomic E-state index is 0.227. The summed E-state index contributed by atoms with van der Waals surface area (Å²) in [4.78, 5) is 0. The van der Waals surface area contributed by atoms with Crippen LogP contribution in [-0.4, -0.2) is 61.9 Å². The van der Waals surface area contributed by atoms with Gasteiger partial charge in [0.15, 0.2) is 0 Å². The van der Waals surface area contributed by atoms with Crippen LogP contribution >= 0.6 is 33.3 Å². The van der Waals surface area contributed by atoms with Gasteiger partial charge >= 0.3 is 0 Å². The normalized spacial score (nSPS) is 13.3. The first-order valence-corrected chi connectivity index (χ1v) is 12.9. The van der Waals surface area contributed by atoms with E-state index >= 15 is 0 Å². The summed E-state index contributed by atoms with van der Waals surface area (Å²) in [6.45, 7) is 13.4. The molecule has 0 bridgehead atoms. The van der Waals surface area contributed by atoms with Crippen molar-refractivity contribution in [2.75, 3.05) is 51.7 Å². The van der Waals surface area contributed by atoms with Crippen LogP contribution in [0.2, 0.25) is 0 Å². The molecule has 4 nitrogen and oxygen atoms in total. The molecule has 0 heterocycles. The Morgan fingerprint density at radius 1 is 0.960 bits per heavy atom. The highest BCUT2D eigenvalue weighted by atomic mass is 33.1. The third-order valence-electron chi connectivity index (χ3n) is 2.99. The van der Waals surface area contributed by atoms with Crippen LogP contribution in [0.3, 0.4) is 0 Å². The van der Waals surface area contributed by atoms with Crippen molar-refractivity contribution in [2.45, 2.75) is 63.6 Å². The van der Waals surface area contributed by atoms with Gasteiger partial charge in [-0.25, -0.2) is 0 Å². The van der Waals surface area contributed by atoms with Crippen molar-refractivity contribution >= 4 is 33.3 Å². The fourth-order valence-electron chi connectivity index (χ4n) is 1.73. The minimum Gasteiger partial charge on any atom is -0.379 e.